The van der Waals surface area contributed by atoms with E-state index in [1.165, 1.54) is 6.92 Å². The van der Waals surface area contributed by atoms with Gasteiger partial charge in [-0.15, -0.1) is 0 Å². The third-order valence-electron chi connectivity index (χ3n) is 14.7. The number of benzene rings is 4. The molecule has 18 nitrogen and oxygen atoms in total. The molecule has 10 rings (SSSR count). The van der Waals surface area contributed by atoms with E-state index in [0.717, 1.165) is 29.4 Å². The molecule has 6 heterocycles. The summed E-state index contributed by atoms with van der Waals surface area (Å²) in [7, 11) is 1.00. The highest BCUT2D eigenvalue weighted by atomic mass is 16.6. The fourth-order valence-corrected chi connectivity index (χ4v) is 11.1. The molecule has 4 aliphatic rings. The van der Waals surface area contributed by atoms with E-state index >= 15 is 0 Å². The van der Waals surface area contributed by atoms with Crippen molar-refractivity contribution in [1.29, 1.82) is 0 Å². The molecule has 2 aromatic heterocycles. The number of amides is 5. The maximum Gasteiger partial charge on any atom is 0.414 e. The first kappa shape index (κ1) is 57.9. The van der Waals surface area contributed by atoms with Gasteiger partial charge in [0.1, 0.15) is 25.3 Å². The van der Waals surface area contributed by atoms with E-state index < -0.39 is 71.2 Å². The third kappa shape index (κ3) is 12.6. The number of alkyl carbamates (subject to hydrolysis) is 1. The van der Waals surface area contributed by atoms with Gasteiger partial charge >= 0.3 is 24.1 Å². The van der Waals surface area contributed by atoms with Gasteiger partial charge in [-0.25, -0.2) is 19.2 Å². The first-order valence-corrected chi connectivity index (χ1v) is 26.3. The topological polar surface area (TPSA) is 247 Å². The van der Waals surface area contributed by atoms with Crippen molar-refractivity contribution in [1.82, 2.24) is 25.1 Å². The van der Waals surface area contributed by atoms with Gasteiger partial charge in [-0.1, -0.05) is 161 Å². The van der Waals surface area contributed by atoms with Crippen molar-refractivity contribution in [3.05, 3.63) is 215 Å². The number of hydrogen-bond acceptors (Lipinski definition) is 14. The Morgan fingerprint density at radius 3 is 1.20 bits per heavy atom. The zero-order valence-electron chi connectivity index (χ0n) is 45.8. The molecule has 2 unspecified atom stereocenters. The second-order valence-corrected chi connectivity index (χ2v) is 21.0. The van der Waals surface area contributed by atoms with E-state index in [9.17, 15) is 33.6 Å². The molecule has 4 N–H and O–H groups in total. The normalized spacial score (nSPS) is 20.1. The Balaban J connectivity index is 0.000000207. The van der Waals surface area contributed by atoms with Crippen molar-refractivity contribution in [2.75, 3.05) is 20.3 Å². The highest BCUT2D eigenvalue weighted by Crippen LogP contribution is 2.53. The Labute approximate surface area is 469 Å². The number of rotatable bonds is 14. The van der Waals surface area contributed by atoms with E-state index in [4.69, 9.17) is 29.8 Å². The van der Waals surface area contributed by atoms with Gasteiger partial charge in [0.2, 0.25) is 5.91 Å². The number of imide groups is 1. The summed E-state index contributed by atoms with van der Waals surface area (Å²) >= 11 is 0. The number of aliphatic hydroxyl groups is 1. The lowest BCUT2D eigenvalue weighted by atomic mass is 9.82. The number of nitrogens with two attached hydrogens (primary N) is 1. The monoisotopic (exact) mass is 1100 g/mol. The van der Waals surface area contributed by atoms with Gasteiger partial charge in [-0.2, -0.15) is 0 Å². The summed E-state index contributed by atoms with van der Waals surface area (Å²) in [5.74, 6) is -2.15. The molecule has 0 aliphatic carbocycles. The van der Waals surface area contributed by atoms with Crippen LogP contribution in [0.15, 0.2) is 181 Å². The molecule has 418 valence electrons. The van der Waals surface area contributed by atoms with Crippen LogP contribution in [0.1, 0.15) is 93.3 Å². The predicted octanol–water partition coefficient (Wildman–Crippen LogP) is 8.33. The lowest BCUT2D eigenvalue weighted by Gasteiger charge is -2.42. The number of aromatic nitrogens is 2. The van der Waals surface area contributed by atoms with Crippen molar-refractivity contribution in [3.63, 3.8) is 0 Å². The summed E-state index contributed by atoms with van der Waals surface area (Å²) in [4.78, 5) is 102. The fourth-order valence-electron chi connectivity index (χ4n) is 11.1. The van der Waals surface area contributed by atoms with E-state index in [2.05, 4.69) is 15.3 Å². The molecular weight excluding hydrogens is 1030 g/mol. The smallest absolute Gasteiger partial charge is 0.414 e. The molecule has 4 saturated heterocycles. The zero-order valence-corrected chi connectivity index (χ0v) is 45.8. The first-order valence-electron chi connectivity index (χ1n) is 26.3. The molecule has 4 aliphatic heterocycles. The van der Waals surface area contributed by atoms with Gasteiger partial charge in [0.15, 0.2) is 12.2 Å². The number of β-lactam (4-membered cyclic amide) rings is 2. The molecule has 0 spiro atoms. The average Bonchev–Trinajstić information content (AvgIpc) is 3.49. The zero-order chi connectivity index (χ0) is 58.0. The molecular formula is C63H64N6O12. The third-order valence-corrected chi connectivity index (χ3v) is 14.7. The molecule has 0 radical (unpaired) electrons. The van der Waals surface area contributed by atoms with Crippen molar-refractivity contribution in [2.24, 2.45) is 16.6 Å². The van der Waals surface area contributed by atoms with Crippen molar-refractivity contribution < 1.29 is 57.6 Å². The first-order chi connectivity index (χ1) is 38.9. The lowest BCUT2D eigenvalue weighted by Crippen LogP contribution is -2.58. The molecule has 81 heavy (non-hydrogen) atoms. The van der Waals surface area contributed by atoms with Crippen LogP contribution in [0, 0.1) is 10.8 Å². The quantitative estimate of drug-likeness (QED) is 0.0402. The molecule has 0 bridgehead atoms. The Bertz CT molecular complexity index is 3230. The Hall–Kier alpha value is -9.29. The number of carbonyl (C=O) groups is 7. The van der Waals surface area contributed by atoms with E-state index in [0.29, 0.717) is 46.5 Å². The number of esters is 2. The molecule has 0 saturated carbocycles. The highest BCUT2D eigenvalue weighted by molar-refractivity contribution is 6.12. The number of pyridine rings is 2. The molecule has 6 aromatic rings. The van der Waals surface area contributed by atoms with Crippen LogP contribution in [0.5, 0.6) is 0 Å². The summed E-state index contributed by atoms with van der Waals surface area (Å²) in [5, 5.41) is 9.06. The van der Waals surface area contributed by atoms with Gasteiger partial charge < -0.3 is 39.6 Å². The summed E-state index contributed by atoms with van der Waals surface area (Å²) < 4.78 is 22.7. The summed E-state index contributed by atoms with van der Waals surface area (Å²) in [6.45, 7) is 8.56. The van der Waals surface area contributed by atoms with Gasteiger partial charge in [0.25, 0.3) is 11.8 Å². The maximum absolute atomic E-state index is 13.9. The van der Waals surface area contributed by atoms with Crippen LogP contribution in [0.2, 0.25) is 0 Å². The predicted molar refractivity (Wildman–Crippen MR) is 298 cm³/mol. The SMILES string of the molecule is CC(=O)NC(=O)OC/C(=C1\C(=O)N2C1CC(C)(C)[C@@H]2C(=O)OC(c1ccccc1)c1ccccc1)c1ccccn1.CC1(C)CC2/C(=C(/COC(N)=O)c3ccccn3)C(=O)N2[C@H]1C(=O)OC(c1ccccc1)c1ccccc1.CO. The molecule has 4 aromatic carbocycles. The van der Waals surface area contributed by atoms with Crippen molar-refractivity contribution >= 4 is 53.0 Å². The van der Waals surface area contributed by atoms with Crippen LogP contribution in [-0.2, 0) is 42.9 Å². The van der Waals surface area contributed by atoms with Gasteiger partial charge in [-0.3, -0.25) is 29.7 Å². The Morgan fingerprint density at radius 1 is 0.556 bits per heavy atom. The minimum Gasteiger partial charge on any atom is -0.451 e. The molecule has 5 amide bonds. The van der Waals surface area contributed by atoms with Crippen LogP contribution in [0.3, 0.4) is 0 Å². The van der Waals surface area contributed by atoms with E-state index in [1.54, 1.807) is 58.6 Å². The molecule has 4 fully saturated rings. The average molecular weight is 1100 g/mol. The van der Waals surface area contributed by atoms with Crippen LogP contribution in [0.4, 0.5) is 9.59 Å². The highest BCUT2D eigenvalue weighted by Gasteiger charge is 2.63. The standard InChI is InChI=1S/C32H31N3O6.C30H29N3O5.CH4O/c1-20(36)34-31(39)40-19-23(24-16-10-11-17-33-24)26-25-18-32(2,3)28(35(25)29(26)37)30(38)41-27(21-12-6-4-7-13-21)22-14-8-5-9-15-22;1-30(2)17-23-24(21(18-37-29(31)36)22-15-9-10-16-32-22)27(34)33(23)26(30)28(35)38-25(19-11-5-3-6-12-19)20-13-7-4-8-14-20;1-2/h4-17,25,27-28H,18-19H2,1-3H3,(H,34,36,39);3-16,23,25-26H,17-18H2,1-2H3,(H2,31,36);2H,1H3/b26-23+;24-21+;/t25?,28-;23?,26-;/m00./s1. The number of hydrogen-bond donors (Lipinski definition) is 3. The fraction of sp³-hybridized carbons (Fsp3) is 0.286. The number of carbonyl (C=O) groups excluding carboxylic acids is 7. The number of aliphatic hydroxyl groups excluding tert-OH is 1. The number of ether oxygens (including phenoxy) is 4. The van der Waals surface area contributed by atoms with E-state index in [-0.39, 0.29) is 31.1 Å². The van der Waals surface area contributed by atoms with Gasteiger partial charge in [0.05, 0.1) is 23.5 Å². The van der Waals surface area contributed by atoms with Crippen molar-refractivity contribution in [3.8, 4) is 0 Å². The molecule has 4 atom stereocenters. The molecule has 18 heteroatoms. The van der Waals surface area contributed by atoms with Gasteiger partial charge in [0, 0.05) is 48.7 Å². The minimum absolute atomic E-state index is 0.183. The Morgan fingerprint density at radius 2 is 0.889 bits per heavy atom. The van der Waals surface area contributed by atoms with Crippen LogP contribution >= 0.6 is 0 Å². The van der Waals surface area contributed by atoms with Crippen LogP contribution in [-0.4, -0.2) is 111 Å². The van der Waals surface area contributed by atoms with Crippen LogP contribution < -0.4 is 11.1 Å². The number of fused-ring (bicyclic) bond motifs is 2. The summed E-state index contributed by atoms with van der Waals surface area (Å²) in [5.41, 5.74) is 10.2. The Kier molecular flexibility index (Phi) is 18.0. The number of nitrogens with zero attached hydrogens (tertiary/aromatic N) is 4. The second-order valence-electron chi connectivity index (χ2n) is 21.0. The maximum atomic E-state index is 13.9. The second kappa shape index (κ2) is 25.2. The number of primary amides is 1. The summed E-state index contributed by atoms with van der Waals surface area (Å²) in [6, 6.07) is 46.3. The van der Waals surface area contributed by atoms with Gasteiger partial charge in [-0.05, 0) is 70.2 Å². The van der Waals surface area contributed by atoms with Crippen LogP contribution in [0.25, 0.3) is 11.1 Å². The van der Waals surface area contributed by atoms with E-state index in [1.807, 2.05) is 149 Å². The van der Waals surface area contributed by atoms with Crippen molar-refractivity contribution in [2.45, 2.75) is 83.8 Å². The largest absolute Gasteiger partial charge is 0.451 e. The number of nitrogens with one attached hydrogen (secondary N) is 1. The summed E-state index contributed by atoms with van der Waals surface area (Å²) in [6.07, 6.45) is 1.13. The lowest BCUT2D eigenvalue weighted by molar-refractivity contribution is -0.162. The minimum atomic E-state index is -0.941.